The predicted molar refractivity (Wildman–Crippen MR) is 143 cm³/mol. The van der Waals surface area contributed by atoms with E-state index in [1.807, 2.05) is 74.5 Å². The highest BCUT2D eigenvalue weighted by Crippen LogP contribution is 2.65. The fourth-order valence-electron chi connectivity index (χ4n) is 6.95. The molecule has 3 aliphatic rings. The summed E-state index contributed by atoms with van der Waals surface area (Å²) in [5.41, 5.74) is -0.579. The summed E-state index contributed by atoms with van der Waals surface area (Å²) < 4.78 is 6.80. The normalized spacial score (nSPS) is 30.2. The number of carbonyl (C=O) groups excluding carboxylic acids is 3. The molecular weight excluding hydrogens is 482 g/mol. The predicted octanol–water partition coefficient (Wildman–Crippen LogP) is 3.43. The molecular formula is C30H37N3O5. The van der Waals surface area contributed by atoms with Crippen LogP contribution in [0.5, 0.6) is 0 Å². The van der Waals surface area contributed by atoms with Gasteiger partial charge in [0.05, 0.1) is 30.1 Å². The number of nitrogens with zero attached hydrogens (tertiary/aromatic N) is 1. The molecule has 3 fully saturated rings. The number of unbranched alkanes of at least 4 members (excludes halogenated alkanes) is 1. The Hall–Kier alpha value is -3.23. The van der Waals surface area contributed by atoms with Crippen LogP contribution in [0.4, 0.5) is 5.69 Å². The molecule has 2 aromatic carbocycles. The molecule has 0 aliphatic carbocycles. The van der Waals surface area contributed by atoms with E-state index in [-0.39, 0.29) is 24.3 Å². The van der Waals surface area contributed by atoms with Gasteiger partial charge in [0.25, 0.3) is 0 Å². The Kier molecular flexibility index (Phi) is 7.29. The number of para-hydroxylation sites is 1. The zero-order valence-electron chi connectivity index (χ0n) is 22.1. The average molecular weight is 520 g/mol. The third-order valence-corrected chi connectivity index (χ3v) is 8.71. The first-order valence-electron chi connectivity index (χ1n) is 13.7. The summed E-state index contributed by atoms with van der Waals surface area (Å²) >= 11 is 0. The number of ether oxygens (including phenoxy) is 1. The van der Waals surface area contributed by atoms with Crippen molar-refractivity contribution >= 4 is 23.4 Å². The highest BCUT2D eigenvalue weighted by atomic mass is 16.5. The Morgan fingerprint density at radius 2 is 1.74 bits per heavy atom. The molecule has 8 heteroatoms. The van der Waals surface area contributed by atoms with Gasteiger partial charge in [0.2, 0.25) is 17.7 Å². The van der Waals surface area contributed by atoms with Gasteiger partial charge in [0.1, 0.15) is 11.6 Å². The molecule has 6 atom stereocenters. The summed E-state index contributed by atoms with van der Waals surface area (Å²) in [6, 6.07) is 16.7. The van der Waals surface area contributed by atoms with Gasteiger partial charge in [-0.2, -0.15) is 0 Å². The molecule has 1 spiro atoms. The molecule has 5 rings (SSSR count). The Morgan fingerprint density at radius 1 is 1.05 bits per heavy atom. The van der Waals surface area contributed by atoms with Crippen molar-refractivity contribution in [2.75, 3.05) is 18.5 Å². The van der Waals surface area contributed by atoms with E-state index in [1.165, 1.54) is 4.90 Å². The maximum Gasteiger partial charge on any atom is 0.245 e. The van der Waals surface area contributed by atoms with Crippen LogP contribution in [0.3, 0.4) is 0 Å². The lowest BCUT2D eigenvalue weighted by Crippen LogP contribution is -2.56. The molecule has 202 valence electrons. The standard InChI is InChI=1S/C30H37N3O5/c1-3-5-18-31-27(36)25-30-17-16-29(4-2,38-30)23(26(35)32-21-14-10-7-11-15-21)24(30)28(37)33(25)22(19-34)20-12-8-6-9-13-20/h6-15,22-25,34H,3-5,16-19H2,1-2H3,(H,31,36)(H,32,35)/t22-,23-,24+,25?,29+,30?/m1/s1. The molecule has 38 heavy (non-hydrogen) atoms. The smallest absolute Gasteiger partial charge is 0.245 e. The summed E-state index contributed by atoms with van der Waals surface area (Å²) in [7, 11) is 0. The van der Waals surface area contributed by atoms with E-state index < -0.39 is 35.1 Å². The van der Waals surface area contributed by atoms with Crippen molar-refractivity contribution in [3.63, 3.8) is 0 Å². The quantitative estimate of drug-likeness (QED) is 0.417. The van der Waals surface area contributed by atoms with Crippen LogP contribution in [0.1, 0.15) is 57.6 Å². The van der Waals surface area contributed by atoms with Crippen molar-refractivity contribution in [2.45, 2.75) is 69.2 Å². The van der Waals surface area contributed by atoms with Crippen LogP contribution in [0.15, 0.2) is 60.7 Å². The first kappa shape index (κ1) is 26.4. The van der Waals surface area contributed by atoms with Gasteiger partial charge in [0.15, 0.2) is 0 Å². The zero-order chi connectivity index (χ0) is 26.9. The Bertz CT molecular complexity index is 1170. The Balaban J connectivity index is 1.57. The molecule has 0 radical (unpaired) electrons. The maximum absolute atomic E-state index is 14.4. The lowest BCUT2D eigenvalue weighted by Gasteiger charge is -2.37. The molecule has 2 bridgehead atoms. The minimum absolute atomic E-state index is 0.273. The molecule has 0 aromatic heterocycles. The number of rotatable bonds is 10. The van der Waals surface area contributed by atoms with E-state index in [2.05, 4.69) is 10.6 Å². The molecule has 3 heterocycles. The number of aliphatic hydroxyl groups is 1. The third-order valence-electron chi connectivity index (χ3n) is 8.71. The molecule has 3 saturated heterocycles. The van der Waals surface area contributed by atoms with Gasteiger partial charge >= 0.3 is 0 Å². The van der Waals surface area contributed by atoms with E-state index in [9.17, 15) is 19.5 Å². The number of aliphatic hydroxyl groups excluding tert-OH is 1. The molecule has 3 aliphatic heterocycles. The van der Waals surface area contributed by atoms with E-state index in [0.717, 1.165) is 18.4 Å². The summed E-state index contributed by atoms with van der Waals surface area (Å²) in [6.45, 7) is 4.16. The zero-order valence-corrected chi connectivity index (χ0v) is 22.1. The maximum atomic E-state index is 14.4. The minimum Gasteiger partial charge on any atom is -0.394 e. The lowest BCUT2D eigenvalue weighted by atomic mass is 9.65. The number of carbonyl (C=O) groups is 3. The van der Waals surface area contributed by atoms with Crippen LogP contribution >= 0.6 is 0 Å². The number of benzene rings is 2. The third kappa shape index (κ3) is 4.10. The van der Waals surface area contributed by atoms with Crippen LogP contribution in [-0.4, -0.2) is 58.1 Å². The number of hydrogen-bond donors (Lipinski definition) is 3. The van der Waals surface area contributed by atoms with Crippen molar-refractivity contribution in [3.05, 3.63) is 66.2 Å². The molecule has 0 saturated carbocycles. The SMILES string of the molecule is CCCCNC(=O)C1N([C@H](CO)c2ccccc2)C(=O)[C@@H]2[C@H](C(=O)Nc3ccccc3)[C@]3(CC)CCC12O3. The first-order chi connectivity index (χ1) is 18.4. The number of likely N-dealkylation sites (tertiary alicyclic amines) is 1. The molecule has 2 aromatic rings. The molecule has 3 N–H and O–H groups in total. The highest BCUT2D eigenvalue weighted by Gasteiger charge is 2.79. The van der Waals surface area contributed by atoms with Gasteiger partial charge in [0, 0.05) is 12.2 Å². The van der Waals surface area contributed by atoms with E-state index in [4.69, 9.17) is 4.74 Å². The van der Waals surface area contributed by atoms with Crippen molar-refractivity contribution < 1.29 is 24.2 Å². The number of fused-ring (bicyclic) bond motifs is 1. The van der Waals surface area contributed by atoms with Crippen LogP contribution in [-0.2, 0) is 19.1 Å². The fourth-order valence-corrected chi connectivity index (χ4v) is 6.95. The number of hydrogen-bond acceptors (Lipinski definition) is 5. The van der Waals surface area contributed by atoms with Crippen LogP contribution < -0.4 is 10.6 Å². The van der Waals surface area contributed by atoms with Crippen molar-refractivity contribution in [3.8, 4) is 0 Å². The fraction of sp³-hybridized carbons (Fsp3) is 0.500. The Morgan fingerprint density at radius 3 is 2.37 bits per heavy atom. The monoisotopic (exact) mass is 519 g/mol. The van der Waals surface area contributed by atoms with Crippen molar-refractivity contribution in [1.82, 2.24) is 10.2 Å². The van der Waals surface area contributed by atoms with E-state index >= 15 is 0 Å². The second-order valence-electron chi connectivity index (χ2n) is 10.7. The lowest BCUT2D eigenvalue weighted by molar-refractivity contribution is -0.150. The second kappa shape index (κ2) is 10.5. The summed E-state index contributed by atoms with van der Waals surface area (Å²) in [5, 5.41) is 16.5. The average Bonchev–Trinajstić information content (AvgIpc) is 3.54. The van der Waals surface area contributed by atoms with E-state index in [0.29, 0.717) is 31.5 Å². The number of nitrogens with one attached hydrogen (secondary N) is 2. The van der Waals surface area contributed by atoms with Crippen LogP contribution in [0.25, 0.3) is 0 Å². The van der Waals surface area contributed by atoms with Crippen molar-refractivity contribution in [1.29, 1.82) is 0 Å². The molecule has 3 amide bonds. The minimum atomic E-state index is -1.13. The van der Waals surface area contributed by atoms with Gasteiger partial charge < -0.3 is 25.4 Å². The van der Waals surface area contributed by atoms with Crippen molar-refractivity contribution in [2.24, 2.45) is 11.8 Å². The highest BCUT2D eigenvalue weighted by molar-refractivity contribution is 6.02. The summed E-state index contributed by atoms with van der Waals surface area (Å²) in [4.78, 5) is 43.6. The van der Waals surface area contributed by atoms with Crippen LogP contribution in [0.2, 0.25) is 0 Å². The number of anilines is 1. The largest absolute Gasteiger partial charge is 0.394 e. The molecule has 8 nitrogen and oxygen atoms in total. The van der Waals surface area contributed by atoms with Gasteiger partial charge in [-0.15, -0.1) is 0 Å². The van der Waals surface area contributed by atoms with Gasteiger partial charge in [-0.05, 0) is 43.4 Å². The summed E-state index contributed by atoms with van der Waals surface area (Å²) in [6.07, 6.45) is 3.37. The van der Waals surface area contributed by atoms with Crippen LogP contribution in [0, 0.1) is 11.8 Å². The first-order valence-corrected chi connectivity index (χ1v) is 13.7. The van der Waals surface area contributed by atoms with Gasteiger partial charge in [-0.25, -0.2) is 0 Å². The Labute approximate surface area is 223 Å². The topological polar surface area (TPSA) is 108 Å². The molecule has 2 unspecified atom stereocenters. The number of amides is 3. The second-order valence-corrected chi connectivity index (χ2v) is 10.7. The van der Waals surface area contributed by atoms with Gasteiger partial charge in [-0.1, -0.05) is 68.8 Å². The summed E-state index contributed by atoms with van der Waals surface area (Å²) in [5.74, 6) is -2.45. The van der Waals surface area contributed by atoms with E-state index in [1.54, 1.807) is 0 Å². The van der Waals surface area contributed by atoms with Gasteiger partial charge in [-0.3, -0.25) is 14.4 Å².